The molecule has 0 spiro atoms. The van der Waals surface area contributed by atoms with E-state index in [2.05, 4.69) is 22.8 Å². The van der Waals surface area contributed by atoms with Crippen LogP contribution < -0.4 is 4.74 Å². The molecule has 0 bridgehead atoms. The Bertz CT molecular complexity index is 948. The monoisotopic (exact) mass is 459 g/mol. The Morgan fingerprint density at radius 3 is 2.71 bits per heavy atom. The molecule has 1 amide bonds. The number of hydrogen-bond acceptors (Lipinski definition) is 6. The Balaban J connectivity index is 1.64. The molecule has 0 radical (unpaired) electrons. The number of carbonyl (C=O) groups excluding carboxylic acids is 1. The van der Waals surface area contributed by atoms with Crippen molar-refractivity contribution in [2.45, 2.75) is 56.0 Å². The average molecular weight is 460 g/mol. The van der Waals surface area contributed by atoms with Gasteiger partial charge in [0.2, 0.25) is 5.91 Å². The van der Waals surface area contributed by atoms with Crippen LogP contribution in [0.15, 0.2) is 42.1 Å². The fourth-order valence-corrected chi connectivity index (χ4v) is 4.65. The minimum atomic E-state index is -0.692. The molecule has 0 aliphatic heterocycles. The second-order valence-electron chi connectivity index (χ2n) is 7.49. The van der Waals surface area contributed by atoms with Crippen molar-refractivity contribution in [1.82, 2.24) is 19.7 Å². The highest BCUT2D eigenvalue weighted by atomic mass is 35.5. The van der Waals surface area contributed by atoms with Crippen LogP contribution in [-0.4, -0.2) is 43.9 Å². The lowest BCUT2D eigenvalue weighted by Crippen LogP contribution is -2.50. The van der Waals surface area contributed by atoms with Gasteiger partial charge in [-0.2, -0.15) is 5.26 Å². The zero-order valence-corrected chi connectivity index (χ0v) is 19.2. The van der Waals surface area contributed by atoms with Gasteiger partial charge in [0.15, 0.2) is 11.0 Å². The molecule has 9 heteroatoms. The van der Waals surface area contributed by atoms with Gasteiger partial charge < -0.3 is 9.64 Å². The molecule has 0 atom stereocenters. The highest BCUT2D eigenvalue weighted by Crippen LogP contribution is 2.33. The molecule has 3 rings (SSSR count). The van der Waals surface area contributed by atoms with Crippen LogP contribution in [0.2, 0.25) is 5.02 Å². The number of nitrogens with zero attached hydrogens (tertiary/aromatic N) is 5. The minimum Gasteiger partial charge on any atom is -0.486 e. The van der Waals surface area contributed by atoms with E-state index in [4.69, 9.17) is 16.3 Å². The fourth-order valence-electron chi connectivity index (χ4n) is 3.64. The predicted octanol–water partition coefficient (Wildman–Crippen LogP) is 4.47. The van der Waals surface area contributed by atoms with Gasteiger partial charge >= 0.3 is 0 Å². The smallest absolute Gasteiger partial charge is 0.234 e. The number of aromatic nitrogens is 3. The minimum absolute atomic E-state index is 0.0828. The topological polar surface area (TPSA) is 84.0 Å². The van der Waals surface area contributed by atoms with Crippen molar-refractivity contribution < 1.29 is 9.53 Å². The Kier molecular flexibility index (Phi) is 7.99. The Morgan fingerprint density at radius 1 is 1.35 bits per heavy atom. The van der Waals surface area contributed by atoms with E-state index >= 15 is 0 Å². The van der Waals surface area contributed by atoms with E-state index in [1.165, 1.54) is 11.8 Å². The Labute approximate surface area is 192 Å². The second kappa shape index (κ2) is 10.7. The molecule has 1 heterocycles. The first-order chi connectivity index (χ1) is 15.0. The first-order valence-corrected chi connectivity index (χ1v) is 11.6. The molecule has 0 saturated heterocycles. The molecule has 7 nitrogen and oxygen atoms in total. The quantitative estimate of drug-likeness (QED) is 0.406. The molecule has 1 aliphatic carbocycles. The predicted molar refractivity (Wildman–Crippen MR) is 121 cm³/mol. The molecular formula is C22H26ClN5O2S. The first-order valence-electron chi connectivity index (χ1n) is 10.2. The maximum Gasteiger partial charge on any atom is 0.234 e. The van der Waals surface area contributed by atoms with Crippen LogP contribution in [0.25, 0.3) is 0 Å². The molecule has 1 saturated carbocycles. The summed E-state index contributed by atoms with van der Waals surface area (Å²) in [5, 5.41) is 19.4. The molecule has 1 aliphatic rings. The van der Waals surface area contributed by atoms with Crippen molar-refractivity contribution in [2.75, 3.05) is 12.8 Å². The first kappa shape index (κ1) is 23.2. The number of allylic oxidation sites excluding steroid dienone is 1. The van der Waals surface area contributed by atoms with Crippen LogP contribution in [0.1, 0.15) is 37.9 Å². The summed E-state index contributed by atoms with van der Waals surface area (Å²) in [5.74, 6) is 1.42. The summed E-state index contributed by atoms with van der Waals surface area (Å²) in [4.78, 5) is 14.5. The summed E-state index contributed by atoms with van der Waals surface area (Å²) in [7, 11) is 1.73. The van der Waals surface area contributed by atoms with Crippen LogP contribution in [0.5, 0.6) is 5.75 Å². The van der Waals surface area contributed by atoms with E-state index in [0.29, 0.717) is 28.3 Å². The zero-order chi connectivity index (χ0) is 22.3. The maximum absolute atomic E-state index is 12.8. The zero-order valence-electron chi connectivity index (χ0n) is 17.6. The number of benzene rings is 1. The third kappa shape index (κ3) is 5.60. The van der Waals surface area contributed by atoms with Gasteiger partial charge in [-0.15, -0.1) is 16.8 Å². The van der Waals surface area contributed by atoms with Gasteiger partial charge in [0.05, 0.1) is 11.8 Å². The lowest BCUT2D eigenvalue weighted by atomic mass is 9.81. The average Bonchev–Trinajstić information content (AvgIpc) is 3.18. The summed E-state index contributed by atoms with van der Waals surface area (Å²) in [6, 6.07) is 9.49. The van der Waals surface area contributed by atoms with E-state index in [0.717, 1.165) is 32.1 Å². The summed E-state index contributed by atoms with van der Waals surface area (Å²) in [6.45, 7) is 4.53. The van der Waals surface area contributed by atoms with E-state index < -0.39 is 5.54 Å². The Hall–Kier alpha value is -2.50. The van der Waals surface area contributed by atoms with Crippen LogP contribution in [0, 0.1) is 11.3 Å². The van der Waals surface area contributed by atoms with Crippen molar-refractivity contribution in [3.05, 3.63) is 47.8 Å². The normalized spacial score (nSPS) is 15.1. The lowest BCUT2D eigenvalue weighted by Gasteiger charge is -2.39. The van der Waals surface area contributed by atoms with Gasteiger partial charge in [-0.25, -0.2) is 0 Å². The molecule has 0 N–H and O–H groups in total. The van der Waals surface area contributed by atoms with Gasteiger partial charge in [0, 0.05) is 18.6 Å². The number of hydrogen-bond donors (Lipinski definition) is 0. The van der Waals surface area contributed by atoms with Crippen LogP contribution in [-0.2, 0) is 17.9 Å². The van der Waals surface area contributed by atoms with Crippen molar-refractivity contribution in [1.29, 1.82) is 5.26 Å². The number of ether oxygens (including phenoxy) is 1. The third-order valence-electron chi connectivity index (χ3n) is 5.52. The molecule has 2 aromatic rings. The van der Waals surface area contributed by atoms with Crippen molar-refractivity contribution >= 4 is 29.3 Å². The summed E-state index contributed by atoms with van der Waals surface area (Å²) in [5.41, 5.74) is -0.692. The van der Waals surface area contributed by atoms with E-state index in [9.17, 15) is 10.1 Å². The second-order valence-corrected chi connectivity index (χ2v) is 8.87. The number of nitriles is 1. The summed E-state index contributed by atoms with van der Waals surface area (Å²) >= 11 is 7.21. The van der Waals surface area contributed by atoms with Crippen LogP contribution >= 0.6 is 23.4 Å². The third-order valence-corrected chi connectivity index (χ3v) is 6.72. The number of carbonyl (C=O) groups is 1. The SMILES string of the molecule is C=CCn1c(COc2ccc(Cl)cc2)nnc1SCC(=O)N(C)C1(C#N)CCCCC1. The summed E-state index contributed by atoms with van der Waals surface area (Å²) < 4.78 is 7.66. The molecular weight excluding hydrogens is 434 g/mol. The number of rotatable bonds is 9. The number of thioether (sulfide) groups is 1. The number of amides is 1. The molecule has 31 heavy (non-hydrogen) atoms. The van der Waals surface area contributed by atoms with Gasteiger partial charge in [0.25, 0.3) is 0 Å². The standard InChI is InChI=1S/C22H26ClN5O2S/c1-3-13-28-19(14-30-18-9-7-17(23)8-10-18)25-26-21(28)31-15-20(29)27(2)22(16-24)11-5-4-6-12-22/h3,7-10H,1,4-6,11-15H2,2H3. The van der Waals surface area contributed by atoms with E-state index in [1.807, 2.05) is 4.57 Å². The molecule has 0 unspecified atom stereocenters. The van der Waals surface area contributed by atoms with Crippen molar-refractivity contribution in [3.8, 4) is 11.8 Å². The maximum atomic E-state index is 12.8. The number of halogens is 1. The van der Waals surface area contributed by atoms with Crippen molar-refractivity contribution in [2.24, 2.45) is 0 Å². The highest BCUT2D eigenvalue weighted by molar-refractivity contribution is 7.99. The lowest BCUT2D eigenvalue weighted by molar-refractivity contribution is -0.131. The molecule has 164 valence electrons. The van der Waals surface area contributed by atoms with Gasteiger partial charge in [-0.1, -0.05) is 48.7 Å². The van der Waals surface area contributed by atoms with E-state index in [-0.39, 0.29) is 18.3 Å². The van der Waals surface area contributed by atoms with Crippen LogP contribution in [0.3, 0.4) is 0 Å². The van der Waals surface area contributed by atoms with E-state index in [1.54, 1.807) is 42.3 Å². The van der Waals surface area contributed by atoms with Gasteiger partial charge in [-0.05, 0) is 37.1 Å². The molecule has 1 aromatic heterocycles. The summed E-state index contributed by atoms with van der Waals surface area (Å²) in [6.07, 6.45) is 6.28. The Morgan fingerprint density at radius 2 is 2.06 bits per heavy atom. The van der Waals surface area contributed by atoms with Gasteiger partial charge in [-0.3, -0.25) is 9.36 Å². The molecule has 1 fully saturated rings. The van der Waals surface area contributed by atoms with Crippen molar-refractivity contribution in [3.63, 3.8) is 0 Å². The van der Waals surface area contributed by atoms with Gasteiger partial charge in [0.1, 0.15) is 17.9 Å². The molecule has 1 aromatic carbocycles. The van der Waals surface area contributed by atoms with Crippen LogP contribution in [0.4, 0.5) is 0 Å². The fraction of sp³-hybridized carbons (Fsp3) is 0.455. The largest absolute Gasteiger partial charge is 0.486 e. The highest BCUT2D eigenvalue weighted by Gasteiger charge is 2.38.